The standard InChI is InChI=1S/C19H18N2O2/c1-21(2)12-16-17(20-13-8-4-3-5-9-13)14-10-6-7-11-15(14)18(22)19(16)23/h3-11,20H,12H2,1-2H3. The minimum atomic E-state index is -0.434. The molecule has 4 nitrogen and oxygen atoms in total. The molecule has 0 aliphatic heterocycles. The first kappa shape index (κ1) is 15.2. The third-order valence-corrected chi connectivity index (χ3v) is 3.74. The SMILES string of the molecule is CN(C)CC1=C(Nc2ccccc2)c2ccccc2C(=O)C1=O. The summed E-state index contributed by atoms with van der Waals surface area (Å²) in [7, 11) is 3.76. The van der Waals surface area contributed by atoms with Crippen LogP contribution in [0.3, 0.4) is 0 Å². The number of carbonyl (C=O) groups is 2. The van der Waals surface area contributed by atoms with Crippen LogP contribution in [-0.2, 0) is 4.79 Å². The van der Waals surface area contributed by atoms with Gasteiger partial charge in [-0.2, -0.15) is 0 Å². The van der Waals surface area contributed by atoms with E-state index in [4.69, 9.17) is 0 Å². The van der Waals surface area contributed by atoms with E-state index < -0.39 is 11.6 Å². The average molecular weight is 306 g/mol. The minimum absolute atomic E-state index is 0.411. The van der Waals surface area contributed by atoms with E-state index in [-0.39, 0.29) is 0 Å². The Morgan fingerprint density at radius 1 is 0.826 bits per heavy atom. The fraction of sp³-hybridized carbons (Fsp3) is 0.158. The molecule has 0 bridgehead atoms. The maximum Gasteiger partial charge on any atom is 0.233 e. The van der Waals surface area contributed by atoms with Gasteiger partial charge in [0.15, 0.2) is 0 Å². The lowest BCUT2D eigenvalue weighted by molar-refractivity contribution is -0.112. The number of fused-ring (bicyclic) bond motifs is 1. The number of nitrogens with one attached hydrogen (secondary N) is 1. The molecule has 1 N–H and O–H groups in total. The zero-order valence-corrected chi connectivity index (χ0v) is 13.2. The zero-order chi connectivity index (χ0) is 16.4. The smallest absolute Gasteiger partial charge is 0.233 e. The molecule has 23 heavy (non-hydrogen) atoms. The van der Waals surface area contributed by atoms with Gasteiger partial charge in [0.1, 0.15) is 0 Å². The quantitative estimate of drug-likeness (QED) is 0.883. The molecule has 0 saturated carbocycles. The van der Waals surface area contributed by atoms with E-state index in [1.54, 1.807) is 12.1 Å². The van der Waals surface area contributed by atoms with Crippen molar-refractivity contribution in [2.45, 2.75) is 0 Å². The Hall–Kier alpha value is -2.72. The van der Waals surface area contributed by atoms with Gasteiger partial charge in [-0.1, -0.05) is 42.5 Å². The molecule has 0 saturated heterocycles. The Bertz CT molecular complexity index is 792. The molecule has 0 heterocycles. The number of likely N-dealkylation sites (N-methyl/N-ethyl adjacent to an activating group) is 1. The summed E-state index contributed by atoms with van der Waals surface area (Å²) in [4.78, 5) is 26.8. The van der Waals surface area contributed by atoms with Crippen molar-refractivity contribution in [2.24, 2.45) is 0 Å². The van der Waals surface area contributed by atoms with Crippen LogP contribution in [-0.4, -0.2) is 37.1 Å². The van der Waals surface area contributed by atoms with Gasteiger partial charge in [-0.3, -0.25) is 9.59 Å². The Balaban J connectivity index is 2.16. The second-order valence-electron chi connectivity index (χ2n) is 5.79. The topological polar surface area (TPSA) is 49.4 Å². The van der Waals surface area contributed by atoms with Crippen molar-refractivity contribution in [2.75, 3.05) is 26.0 Å². The summed E-state index contributed by atoms with van der Waals surface area (Å²) in [5.74, 6) is -0.869. The van der Waals surface area contributed by atoms with E-state index in [2.05, 4.69) is 5.32 Å². The van der Waals surface area contributed by atoms with Gasteiger partial charge in [-0.05, 0) is 26.2 Å². The number of Topliss-reactive ketones (excluding diaryl/α,β-unsaturated/α-hetero) is 2. The first-order chi connectivity index (χ1) is 11.1. The number of anilines is 1. The lowest BCUT2D eigenvalue weighted by Gasteiger charge is -2.24. The fourth-order valence-corrected chi connectivity index (χ4v) is 2.71. The molecule has 3 rings (SSSR count). The van der Waals surface area contributed by atoms with Crippen LogP contribution in [0.2, 0.25) is 0 Å². The molecule has 1 aliphatic carbocycles. The molecule has 116 valence electrons. The van der Waals surface area contributed by atoms with Crippen molar-refractivity contribution in [1.82, 2.24) is 4.90 Å². The van der Waals surface area contributed by atoms with Crippen LogP contribution < -0.4 is 5.32 Å². The second kappa shape index (κ2) is 6.18. The number of hydrogen-bond donors (Lipinski definition) is 1. The van der Waals surface area contributed by atoms with Crippen molar-refractivity contribution in [1.29, 1.82) is 0 Å². The molecule has 0 atom stereocenters. The Morgan fingerprint density at radius 2 is 1.43 bits per heavy atom. The van der Waals surface area contributed by atoms with Crippen molar-refractivity contribution < 1.29 is 9.59 Å². The van der Waals surface area contributed by atoms with Crippen LogP contribution in [0.5, 0.6) is 0 Å². The van der Waals surface area contributed by atoms with Crippen LogP contribution in [0.4, 0.5) is 5.69 Å². The number of benzene rings is 2. The second-order valence-corrected chi connectivity index (χ2v) is 5.79. The van der Waals surface area contributed by atoms with E-state index in [0.29, 0.717) is 23.4 Å². The zero-order valence-electron chi connectivity index (χ0n) is 13.2. The van der Waals surface area contributed by atoms with Gasteiger partial charge >= 0.3 is 0 Å². The first-order valence-electron chi connectivity index (χ1n) is 7.46. The lowest BCUT2D eigenvalue weighted by atomic mass is 9.87. The molecule has 0 fully saturated rings. The maximum atomic E-state index is 12.6. The summed E-state index contributed by atoms with van der Waals surface area (Å²) < 4.78 is 0. The van der Waals surface area contributed by atoms with Crippen molar-refractivity contribution in [3.63, 3.8) is 0 Å². The molecule has 0 spiro atoms. The largest absolute Gasteiger partial charge is 0.355 e. The number of rotatable bonds is 4. The van der Waals surface area contributed by atoms with E-state index in [1.807, 2.05) is 61.5 Å². The number of ketones is 2. The van der Waals surface area contributed by atoms with Crippen LogP contribution in [0, 0.1) is 0 Å². The van der Waals surface area contributed by atoms with E-state index in [0.717, 1.165) is 11.3 Å². The highest BCUT2D eigenvalue weighted by Gasteiger charge is 2.32. The normalized spacial score (nSPS) is 14.2. The van der Waals surface area contributed by atoms with Crippen molar-refractivity contribution >= 4 is 23.0 Å². The third-order valence-electron chi connectivity index (χ3n) is 3.74. The molecule has 2 aromatic rings. The molecular formula is C19H18N2O2. The monoisotopic (exact) mass is 306 g/mol. The van der Waals surface area contributed by atoms with Crippen LogP contribution in [0.15, 0.2) is 60.2 Å². The fourth-order valence-electron chi connectivity index (χ4n) is 2.71. The summed E-state index contributed by atoms with van der Waals surface area (Å²) in [5, 5.41) is 3.32. The summed E-state index contributed by atoms with van der Waals surface area (Å²) >= 11 is 0. The van der Waals surface area contributed by atoms with Crippen LogP contribution in [0.25, 0.3) is 5.70 Å². The first-order valence-corrected chi connectivity index (χ1v) is 7.46. The Labute approximate surface area is 135 Å². The van der Waals surface area contributed by atoms with Gasteiger partial charge in [-0.15, -0.1) is 0 Å². The number of para-hydroxylation sites is 1. The molecule has 4 heteroatoms. The summed E-state index contributed by atoms with van der Waals surface area (Å²) in [5.41, 5.74) is 3.33. The lowest BCUT2D eigenvalue weighted by Crippen LogP contribution is -2.31. The van der Waals surface area contributed by atoms with E-state index >= 15 is 0 Å². The van der Waals surface area contributed by atoms with Gasteiger partial charge in [-0.25, -0.2) is 0 Å². The maximum absolute atomic E-state index is 12.6. The summed E-state index contributed by atoms with van der Waals surface area (Å²) in [6.45, 7) is 0.411. The molecule has 0 amide bonds. The van der Waals surface area contributed by atoms with E-state index in [9.17, 15) is 9.59 Å². The van der Waals surface area contributed by atoms with Gasteiger partial charge < -0.3 is 10.2 Å². The molecular weight excluding hydrogens is 288 g/mol. The predicted molar refractivity (Wildman–Crippen MR) is 91.3 cm³/mol. The van der Waals surface area contributed by atoms with E-state index in [1.165, 1.54) is 0 Å². The summed E-state index contributed by atoms with van der Waals surface area (Å²) in [6.07, 6.45) is 0. The molecule has 0 unspecified atom stereocenters. The van der Waals surface area contributed by atoms with Crippen molar-refractivity contribution in [3.8, 4) is 0 Å². The highest BCUT2D eigenvalue weighted by atomic mass is 16.2. The van der Waals surface area contributed by atoms with Gasteiger partial charge in [0.05, 0.1) is 5.70 Å². The Morgan fingerprint density at radius 3 is 2.09 bits per heavy atom. The number of nitrogens with zero attached hydrogens (tertiary/aromatic N) is 1. The molecule has 2 aromatic carbocycles. The van der Waals surface area contributed by atoms with Crippen LogP contribution in [0.1, 0.15) is 15.9 Å². The third kappa shape index (κ3) is 2.94. The van der Waals surface area contributed by atoms with Gasteiger partial charge in [0.2, 0.25) is 11.6 Å². The van der Waals surface area contributed by atoms with Gasteiger partial charge in [0, 0.05) is 28.9 Å². The number of carbonyl (C=O) groups excluding carboxylic acids is 2. The van der Waals surface area contributed by atoms with Crippen LogP contribution >= 0.6 is 0 Å². The molecule has 0 aromatic heterocycles. The van der Waals surface area contributed by atoms with Gasteiger partial charge in [0.25, 0.3) is 0 Å². The predicted octanol–water partition coefficient (Wildman–Crippen LogP) is 2.84. The highest BCUT2D eigenvalue weighted by molar-refractivity contribution is 6.52. The minimum Gasteiger partial charge on any atom is -0.355 e. The number of hydrogen-bond acceptors (Lipinski definition) is 4. The average Bonchev–Trinajstić information content (AvgIpc) is 2.56. The molecule has 1 aliphatic rings. The molecule has 0 radical (unpaired) electrons. The summed E-state index contributed by atoms with van der Waals surface area (Å²) in [6, 6.07) is 16.9. The van der Waals surface area contributed by atoms with Crippen molar-refractivity contribution in [3.05, 3.63) is 71.3 Å². The Kier molecular flexibility index (Phi) is 4.08. The highest BCUT2D eigenvalue weighted by Crippen LogP contribution is 2.30.